The van der Waals surface area contributed by atoms with Gasteiger partial charge in [-0.2, -0.15) is 25.9 Å². The maximum atomic E-state index is 12.7. The molecule has 1 rings (SSSR count). The molecule has 11 heteroatoms. The SMILES string of the molecule is CCOC(=O)N(c1ccc(Cl)cc1Cl)S(=O)(=O)C(F)(F)F. The fraction of sp³-hybridized carbons (Fsp3) is 0.300. The summed E-state index contributed by atoms with van der Waals surface area (Å²) < 4.78 is 64.8. The first kappa shape index (κ1) is 17.9. The zero-order valence-electron chi connectivity index (χ0n) is 10.3. The number of hydrogen-bond donors (Lipinski definition) is 0. The van der Waals surface area contributed by atoms with Crippen molar-refractivity contribution < 1.29 is 31.1 Å². The lowest BCUT2D eigenvalue weighted by Crippen LogP contribution is -2.45. The van der Waals surface area contributed by atoms with Gasteiger partial charge in [0.05, 0.1) is 17.3 Å². The van der Waals surface area contributed by atoms with Crippen LogP contribution in [-0.4, -0.2) is 26.6 Å². The summed E-state index contributed by atoms with van der Waals surface area (Å²) in [6, 6.07) is 2.95. The van der Waals surface area contributed by atoms with Gasteiger partial charge in [0.2, 0.25) is 0 Å². The van der Waals surface area contributed by atoms with Gasteiger partial charge in [0.25, 0.3) is 0 Å². The average Bonchev–Trinajstić information content (AvgIpc) is 2.31. The Morgan fingerprint density at radius 3 is 2.33 bits per heavy atom. The summed E-state index contributed by atoms with van der Waals surface area (Å²) in [5.41, 5.74) is -6.42. The van der Waals surface area contributed by atoms with E-state index < -0.39 is 36.6 Å². The number of ether oxygens (including phenoxy) is 1. The molecule has 0 N–H and O–H groups in total. The van der Waals surface area contributed by atoms with Crippen LogP contribution in [0, 0.1) is 0 Å². The van der Waals surface area contributed by atoms with E-state index in [-0.39, 0.29) is 11.6 Å². The van der Waals surface area contributed by atoms with Crippen molar-refractivity contribution in [1.82, 2.24) is 0 Å². The van der Waals surface area contributed by atoms with Crippen LogP contribution in [0.4, 0.5) is 23.7 Å². The summed E-state index contributed by atoms with van der Waals surface area (Å²) in [7, 11) is -6.02. The summed E-state index contributed by atoms with van der Waals surface area (Å²) in [5, 5.41) is -0.402. The molecule has 0 radical (unpaired) electrons. The van der Waals surface area contributed by atoms with E-state index in [9.17, 15) is 26.4 Å². The minimum absolute atomic E-state index is 0.0527. The summed E-state index contributed by atoms with van der Waals surface area (Å²) in [6.45, 7) is 0.980. The van der Waals surface area contributed by atoms with E-state index in [0.29, 0.717) is 0 Å². The Hall–Kier alpha value is -1.19. The van der Waals surface area contributed by atoms with E-state index in [1.807, 2.05) is 0 Å². The van der Waals surface area contributed by atoms with Crippen molar-refractivity contribution in [3.05, 3.63) is 28.2 Å². The molecular weight excluding hydrogens is 358 g/mol. The molecule has 1 aromatic rings. The lowest BCUT2D eigenvalue weighted by molar-refractivity contribution is -0.0438. The van der Waals surface area contributed by atoms with Gasteiger partial charge in [-0.1, -0.05) is 23.2 Å². The molecule has 1 amide bonds. The number of carbonyl (C=O) groups excluding carboxylic acids is 1. The van der Waals surface area contributed by atoms with Gasteiger partial charge < -0.3 is 4.74 Å². The van der Waals surface area contributed by atoms with Gasteiger partial charge in [0.1, 0.15) is 0 Å². The Labute approximate surface area is 128 Å². The van der Waals surface area contributed by atoms with Crippen molar-refractivity contribution in [2.45, 2.75) is 12.4 Å². The van der Waals surface area contributed by atoms with Gasteiger partial charge in [-0.25, -0.2) is 4.79 Å². The normalized spacial score (nSPS) is 12.1. The number of amides is 1. The number of anilines is 1. The Morgan fingerprint density at radius 1 is 1.33 bits per heavy atom. The zero-order chi connectivity index (χ0) is 16.4. The van der Waals surface area contributed by atoms with Gasteiger partial charge in [0.15, 0.2) is 0 Å². The average molecular weight is 366 g/mol. The molecular formula is C10H8Cl2F3NO4S. The third-order valence-corrected chi connectivity index (χ3v) is 4.04. The van der Waals surface area contributed by atoms with E-state index in [4.69, 9.17) is 23.2 Å². The predicted molar refractivity (Wildman–Crippen MR) is 70.9 cm³/mol. The number of alkyl halides is 3. The highest BCUT2D eigenvalue weighted by Gasteiger charge is 2.53. The van der Waals surface area contributed by atoms with E-state index >= 15 is 0 Å². The summed E-state index contributed by atoms with van der Waals surface area (Å²) in [4.78, 5) is 11.6. The van der Waals surface area contributed by atoms with Crippen LogP contribution in [0.5, 0.6) is 0 Å². The topological polar surface area (TPSA) is 63.7 Å². The maximum Gasteiger partial charge on any atom is 0.517 e. The number of benzene rings is 1. The van der Waals surface area contributed by atoms with Crippen LogP contribution in [0.1, 0.15) is 6.92 Å². The van der Waals surface area contributed by atoms with Gasteiger partial charge in [-0.05, 0) is 25.1 Å². The molecule has 21 heavy (non-hydrogen) atoms. The number of carbonyl (C=O) groups is 1. The first-order valence-corrected chi connectivity index (χ1v) is 7.45. The van der Waals surface area contributed by atoms with Crippen LogP contribution < -0.4 is 4.31 Å². The molecule has 0 bridgehead atoms. The lowest BCUT2D eigenvalue weighted by Gasteiger charge is -2.23. The van der Waals surface area contributed by atoms with E-state index in [1.165, 1.54) is 6.92 Å². The third-order valence-electron chi connectivity index (χ3n) is 2.10. The minimum atomic E-state index is -6.02. The van der Waals surface area contributed by atoms with Crippen molar-refractivity contribution in [2.24, 2.45) is 0 Å². The van der Waals surface area contributed by atoms with E-state index in [2.05, 4.69) is 4.74 Å². The summed E-state index contributed by atoms with van der Waals surface area (Å²) >= 11 is 11.2. The van der Waals surface area contributed by atoms with Crippen molar-refractivity contribution in [3.63, 3.8) is 0 Å². The van der Waals surface area contributed by atoms with Crippen LogP contribution in [0.15, 0.2) is 18.2 Å². The minimum Gasteiger partial charge on any atom is -0.449 e. The Kier molecular flexibility index (Phi) is 5.35. The standard InChI is InChI=1S/C10H8Cl2F3NO4S/c1-2-20-9(17)16(21(18,19)10(13,14)15)8-4-3-6(11)5-7(8)12/h3-5H,2H2,1H3. The fourth-order valence-electron chi connectivity index (χ4n) is 1.26. The second kappa shape index (κ2) is 6.29. The molecule has 0 saturated carbocycles. The number of nitrogens with zero attached hydrogens (tertiary/aromatic N) is 1. The largest absolute Gasteiger partial charge is 0.517 e. The highest BCUT2D eigenvalue weighted by molar-refractivity contribution is 7.94. The van der Waals surface area contributed by atoms with Crippen molar-refractivity contribution in [2.75, 3.05) is 10.9 Å². The second-order valence-corrected chi connectivity index (χ2v) is 6.13. The van der Waals surface area contributed by atoms with E-state index in [1.54, 1.807) is 0 Å². The monoisotopic (exact) mass is 365 g/mol. The Morgan fingerprint density at radius 2 is 1.90 bits per heavy atom. The molecule has 0 unspecified atom stereocenters. The molecule has 5 nitrogen and oxygen atoms in total. The second-order valence-electron chi connectivity index (χ2n) is 3.51. The third kappa shape index (κ3) is 3.72. The molecule has 118 valence electrons. The van der Waals surface area contributed by atoms with Crippen LogP contribution in [0.3, 0.4) is 0 Å². The first-order valence-electron chi connectivity index (χ1n) is 5.25. The molecule has 0 aromatic heterocycles. The zero-order valence-corrected chi connectivity index (χ0v) is 12.6. The van der Waals surface area contributed by atoms with Gasteiger partial charge in [0, 0.05) is 5.02 Å². The molecule has 1 aromatic carbocycles. The van der Waals surface area contributed by atoms with Crippen molar-refractivity contribution >= 4 is 45.0 Å². The van der Waals surface area contributed by atoms with Gasteiger partial charge in [-0.3, -0.25) is 0 Å². The first-order chi connectivity index (χ1) is 9.52. The maximum absolute atomic E-state index is 12.7. The molecule has 0 fully saturated rings. The molecule has 0 atom stereocenters. The highest BCUT2D eigenvalue weighted by Crippen LogP contribution is 2.36. The van der Waals surface area contributed by atoms with Crippen LogP contribution in [0.25, 0.3) is 0 Å². The molecule has 0 aliphatic heterocycles. The Bertz CT molecular complexity index is 648. The molecule has 0 aliphatic carbocycles. The summed E-state index contributed by atoms with van der Waals surface area (Å²) in [5.74, 6) is 0. The summed E-state index contributed by atoms with van der Waals surface area (Å²) in [6.07, 6.45) is -1.72. The van der Waals surface area contributed by atoms with Crippen molar-refractivity contribution in [3.8, 4) is 0 Å². The fourth-order valence-corrected chi connectivity index (χ4v) is 2.67. The molecule has 0 aliphatic rings. The smallest absolute Gasteiger partial charge is 0.449 e. The van der Waals surface area contributed by atoms with Crippen LogP contribution in [-0.2, 0) is 14.8 Å². The molecule has 0 saturated heterocycles. The number of hydrogen-bond acceptors (Lipinski definition) is 4. The van der Waals surface area contributed by atoms with Crippen LogP contribution >= 0.6 is 23.2 Å². The Balaban J connectivity index is 3.51. The lowest BCUT2D eigenvalue weighted by atomic mass is 10.3. The van der Waals surface area contributed by atoms with E-state index in [0.717, 1.165) is 18.2 Å². The van der Waals surface area contributed by atoms with Crippen LogP contribution in [0.2, 0.25) is 10.0 Å². The van der Waals surface area contributed by atoms with Crippen molar-refractivity contribution in [1.29, 1.82) is 0 Å². The van der Waals surface area contributed by atoms with Gasteiger partial charge >= 0.3 is 21.6 Å². The number of rotatable bonds is 3. The number of sulfonamides is 1. The predicted octanol–water partition coefficient (Wildman–Crippen LogP) is 3.81. The molecule has 0 spiro atoms. The number of halogens is 5. The highest BCUT2D eigenvalue weighted by atomic mass is 35.5. The quantitative estimate of drug-likeness (QED) is 0.816. The molecule has 0 heterocycles. The van der Waals surface area contributed by atoms with Gasteiger partial charge in [-0.15, -0.1) is 0 Å².